The van der Waals surface area contributed by atoms with E-state index in [-0.39, 0.29) is 17.5 Å². The van der Waals surface area contributed by atoms with Crippen molar-refractivity contribution in [2.24, 2.45) is 16.6 Å². The fraction of sp³-hybridized carbons (Fsp3) is 0.417. The van der Waals surface area contributed by atoms with Gasteiger partial charge >= 0.3 is 12.6 Å². The van der Waals surface area contributed by atoms with E-state index in [1.54, 1.807) is 18.0 Å². The van der Waals surface area contributed by atoms with Crippen LogP contribution in [0.3, 0.4) is 0 Å². The summed E-state index contributed by atoms with van der Waals surface area (Å²) in [6, 6.07) is 12.1. The monoisotopic (exact) mass is 459 g/mol. The van der Waals surface area contributed by atoms with Crippen molar-refractivity contribution in [3.63, 3.8) is 0 Å². The van der Waals surface area contributed by atoms with Crippen LogP contribution in [-0.2, 0) is 15.1 Å². The number of likely N-dealkylation sites (N-methyl/N-ethyl adjacent to an activating group) is 1. The predicted molar refractivity (Wildman–Crippen MR) is 118 cm³/mol. The van der Waals surface area contributed by atoms with Crippen LogP contribution in [0.15, 0.2) is 47.5 Å². The summed E-state index contributed by atoms with van der Waals surface area (Å²) in [5.41, 5.74) is 7.51. The minimum absolute atomic E-state index is 0.135. The Bertz CT molecular complexity index is 1070. The third kappa shape index (κ3) is 4.44. The van der Waals surface area contributed by atoms with Gasteiger partial charge in [-0.2, -0.15) is 8.78 Å². The Kier molecular flexibility index (Phi) is 6.14. The third-order valence-electron chi connectivity index (χ3n) is 6.56. The van der Waals surface area contributed by atoms with Crippen LogP contribution in [0.4, 0.5) is 8.78 Å². The van der Waals surface area contributed by atoms with Gasteiger partial charge in [0.25, 0.3) is 0 Å². The first kappa shape index (κ1) is 22.8. The van der Waals surface area contributed by atoms with Crippen LogP contribution in [0, 0.1) is 5.92 Å². The number of nitrogens with two attached hydrogens (primary N) is 1. The molecule has 1 aliphatic heterocycles. The number of carbonyl (C=O) groups excluding carboxylic acids is 1. The Balaban J connectivity index is 1.66. The van der Waals surface area contributed by atoms with Crippen molar-refractivity contribution < 1.29 is 28.2 Å². The van der Waals surface area contributed by atoms with Gasteiger partial charge in [0.05, 0.1) is 13.7 Å². The van der Waals surface area contributed by atoms with Gasteiger partial charge in [-0.25, -0.2) is 4.99 Å². The van der Waals surface area contributed by atoms with Gasteiger partial charge in [-0.05, 0) is 47.9 Å². The lowest BCUT2D eigenvalue weighted by Crippen LogP contribution is -2.35. The molecule has 33 heavy (non-hydrogen) atoms. The Morgan fingerprint density at radius 1 is 1.30 bits per heavy atom. The molecular formula is C24H27F2N3O4. The summed E-state index contributed by atoms with van der Waals surface area (Å²) in [6.07, 6.45) is 2.20. The number of alkyl halides is 2. The maximum absolute atomic E-state index is 12.6. The van der Waals surface area contributed by atoms with E-state index in [2.05, 4.69) is 10.8 Å². The summed E-state index contributed by atoms with van der Waals surface area (Å²) >= 11 is 0. The molecule has 0 saturated heterocycles. The fourth-order valence-electron chi connectivity index (χ4n) is 4.78. The number of phenols is 1. The van der Waals surface area contributed by atoms with Gasteiger partial charge in [-0.3, -0.25) is 4.79 Å². The summed E-state index contributed by atoms with van der Waals surface area (Å²) < 4.78 is 34.4. The standard InChI is InChI=1S/C24H27F2N3O4/c1-29-13-24(28-23(29)27,19-7-6-18(12-20(19)30)33-22(25)26)17-5-3-4-15(11-17)16-8-14(9-16)10-21(31)32-2/h3-7,11-12,14,16,22,30H,8-10,13H2,1-2H3,(H2,27,28). The third-order valence-corrected chi connectivity index (χ3v) is 6.56. The number of aliphatic imine (C=N–C) groups is 1. The zero-order valence-corrected chi connectivity index (χ0v) is 18.5. The average molecular weight is 459 g/mol. The zero-order valence-electron chi connectivity index (χ0n) is 18.5. The van der Waals surface area contributed by atoms with E-state index in [4.69, 9.17) is 15.5 Å². The minimum Gasteiger partial charge on any atom is -0.507 e. The van der Waals surface area contributed by atoms with Crippen molar-refractivity contribution in [2.45, 2.75) is 37.3 Å². The van der Waals surface area contributed by atoms with E-state index in [1.165, 1.54) is 19.2 Å². The minimum atomic E-state index is -2.99. The Labute approximate surface area is 190 Å². The summed E-state index contributed by atoms with van der Waals surface area (Å²) in [6.45, 7) is -2.61. The molecule has 2 aliphatic rings. The molecule has 1 fully saturated rings. The number of esters is 1. The highest BCUT2D eigenvalue weighted by molar-refractivity contribution is 5.82. The number of hydrogen-bond donors (Lipinski definition) is 2. The Morgan fingerprint density at radius 3 is 2.67 bits per heavy atom. The Morgan fingerprint density at radius 2 is 2.06 bits per heavy atom. The SMILES string of the molecule is COC(=O)CC1CC(c2cccc(C3(c4ccc(OC(F)F)cc4O)CN(C)C(N)=N3)c2)C1. The van der Waals surface area contributed by atoms with Crippen LogP contribution < -0.4 is 10.5 Å². The molecule has 7 nitrogen and oxygen atoms in total. The van der Waals surface area contributed by atoms with Crippen molar-refractivity contribution in [2.75, 3.05) is 20.7 Å². The molecule has 1 saturated carbocycles. The summed E-state index contributed by atoms with van der Waals surface area (Å²) in [4.78, 5) is 18.0. The molecule has 2 aromatic carbocycles. The maximum Gasteiger partial charge on any atom is 0.387 e. The second-order valence-electron chi connectivity index (χ2n) is 8.68. The highest BCUT2D eigenvalue weighted by atomic mass is 19.3. The topological polar surface area (TPSA) is 97.4 Å². The summed E-state index contributed by atoms with van der Waals surface area (Å²) in [5, 5.41) is 10.7. The first-order valence-electron chi connectivity index (χ1n) is 10.7. The summed E-state index contributed by atoms with van der Waals surface area (Å²) in [5.74, 6) is 0.399. The number of phenolic OH excluding ortho intramolecular Hbond substituents is 1. The van der Waals surface area contributed by atoms with Crippen molar-refractivity contribution in [1.82, 2.24) is 4.90 Å². The van der Waals surface area contributed by atoms with Gasteiger partial charge in [-0.1, -0.05) is 24.3 Å². The maximum atomic E-state index is 12.6. The number of rotatable bonds is 7. The van der Waals surface area contributed by atoms with Crippen LogP contribution >= 0.6 is 0 Å². The van der Waals surface area contributed by atoms with Crippen molar-refractivity contribution >= 4 is 11.9 Å². The molecule has 3 N–H and O–H groups in total. The number of carbonyl (C=O) groups is 1. The molecule has 0 aromatic heterocycles. The number of methoxy groups -OCH3 is 1. The molecule has 0 radical (unpaired) electrons. The van der Waals surface area contributed by atoms with E-state index in [9.17, 15) is 18.7 Å². The molecule has 176 valence electrons. The van der Waals surface area contributed by atoms with E-state index in [1.807, 2.05) is 18.2 Å². The van der Waals surface area contributed by atoms with E-state index in [0.717, 1.165) is 24.0 Å². The second kappa shape index (κ2) is 8.88. The van der Waals surface area contributed by atoms with Gasteiger partial charge in [0.15, 0.2) is 5.96 Å². The van der Waals surface area contributed by atoms with Crippen molar-refractivity contribution in [3.05, 3.63) is 59.2 Å². The molecule has 1 aliphatic carbocycles. The molecule has 0 amide bonds. The van der Waals surface area contributed by atoms with Crippen LogP contribution in [-0.4, -0.2) is 49.2 Å². The van der Waals surface area contributed by atoms with Crippen molar-refractivity contribution in [3.8, 4) is 11.5 Å². The molecule has 1 unspecified atom stereocenters. The molecule has 0 spiro atoms. The zero-order chi connectivity index (χ0) is 23.8. The van der Waals surface area contributed by atoms with E-state index >= 15 is 0 Å². The lowest BCUT2D eigenvalue weighted by Gasteiger charge is -2.36. The first-order valence-corrected chi connectivity index (χ1v) is 10.7. The van der Waals surface area contributed by atoms with Crippen LogP contribution in [0.1, 0.15) is 41.9 Å². The second-order valence-corrected chi connectivity index (χ2v) is 8.68. The largest absolute Gasteiger partial charge is 0.507 e. The van der Waals surface area contributed by atoms with Crippen LogP contribution in [0.2, 0.25) is 0 Å². The number of ether oxygens (including phenoxy) is 2. The lowest BCUT2D eigenvalue weighted by atomic mass is 9.69. The average Bonchev–Trinajstić information content (AvgIpc) is 3.05. The predicted octanol–water partition coefficient (Wildman–Crippen LogP) is 3.55. The smallest absolute Gasteiger partial charge is 0.387 e. The number of nitrogens with zero attached hydrogens (tertiary/aromatic N) is 2. The number of aromatic hydroxyl groups is 1. The van der Waals surface area contributed by atoms with Crippen molar-refractivity contribution in [1.29, 1.82) is 0 Å². The molecular weight excluding hydrogens is 432 g/mol. The van der Waals surface area contributed by atoms with E-state index < -0.39 is 12.2 Å². The highest BCUT2D eigenvalue weighted by Gasteiger charge is 2.43. The number of guanidine groups is 1. The molecule has 4 rings (SSSR count). The number of hydrogen-bond acceptors (Lipinski definition) is 7. The quantitative estimate of drug-likeness (QED) is 0.615. The van der Waals surface area contributed by atoms with Crippen LogP contribution in [0.25, 0.3) is 0 Å². The number of benzene rings is 2. The van der Waals surface area contributed by atoms with Gasteiger partial charge < -0.3 is 25.2 Å². The normalized spacial score (nSPS) is 24.4. The van der Waals surface area contributed by atoms with Gasteiger partial charge in [-0.15, -0.1) is 0 Å². The summed E-state index contributed by atoms with van der Waals surface area (Å²) in [7, 11) is 3.20. The molecule has 1 atom stereocenters. The van der Waals surface area contributed by atoms with Gasteiger partial charge in [0.1, 0.15) is 17.0 Å². The van der Waals surface area contributed by atoms with E-state index in [0.29, 0.717) is 36.3 Å². The molecule has 1 heterocycles. The highest BCUT2D eigenvalue weighted by Crippen LogP contribution is 2.47. The molecule has 0 bridgehead atoms. The Hall–Kier alpha value is -3.36. The number of halogens is 2. The molecule has 2 aromatic rings. The fourth-order valence-corrected chi connectivity index (χ4v) is 4.78. The van der Waals surface area contributed by atoms with Crippen LogP contribution in [0.5, 0.6) is 11.5 Å². The van der Waals surface area contributed by atoms with Gasteiger partial charge in [0, 0.05) is 25.1 Å². The lowest BCUT2D eigenvalue weighted by molar-refractivity contribution is -0.142. The first-order chi connectivity index (χ1) is 15.7. The molecule has 9 heteroatoms. The van der Waals surface area contributed by atoms with Gasteiger partial charge in [0.2, 0.25) is 0 Å².